The van der Waals surface area contributed by atoms with E-state index in [1.54, 1.807) is 11.8 Å². The van der Waals surface area contributed by atoms with Crippen LogP contribution >= 0.6 is 11.8 Å². The maximum Gasteiger partial charge on any atom is 0.127 e. The molecule has 1 atom stereocenters. The Hall–Kier alpha value is -1.45. The van der Waals surface area contributed by atoms with E-state index >= 15 is 0 Å². The van der Waals surface area contributed by atoms with E-state index in [0.29, 0.717) is 0 Å². The molecule has 2 N–H and O–H groups in total. The van der Waals surface area contributed by atoms with E-state index in [9.17, 15) is 0 Å². The van der Waals surface area contributed by atoms with Gasteiger partial charge in [-0.05, 0) is 61.6 Å². The third kappa shape index (κ3) is 4.30. The van der Waals surface area contributed by atoms with Crippen LogP contribution < -0.4 is 10.5 Å². The van der Waals surface area contributed by atoms with E-state index in [4.69, 9.17) is 10.5 Å². The Balaban J connectivity index is 2.02. The fourth-order valence-electron chi connectivity index (χ4n) is 1.85. The van der Waals surface area contributed by atoms with Crippen molar-refractivity contribution in [3.63, 3.8) is 0 Å². The monoisotopic (exact) mass is 273 g/mol. The average molecular weight is 273 g/mol. The molecule has 19 heavy (non-hydrogen) atoms. The molecule has 2 aromatic carbocycles. The largest absolute Gasteiger partial charge is 0.457 e. The third-order valence-electron chi connectivity index (χ3n) is 2.78. The van der Waals surface area contributed by atoms with Crippen molar-refractivity contribution in [2.24, 2.45) is 5.73 Å². The molecule has 0 fully saturated rings. The fourth-order valence-corrected chi connectivity index (χ4v) is 2.25. The van der Waals surface area contributed by atoms with Gasteiger partial charge in [0.1, 0.15) is 11.5 Å². The Morgan fingerprint density at radius 1 is 1.00 bits per heavy atom. The minimum absolute atomic E-state index is 0.186. The zero-order chi connectivity index (χ0) is 13.7. The molecule has 2 rings (SSSR count). The van der Waals surface area contributed by atoms with Crippen molar-refractivity contribution in [1.82, 2.24) is 0 Å². The number of hydrogen-bond donors (Lipinski definition) is 1. The number of thioether (sulfide) groups is 1. The van der Waals surface area contributed by atoms with Crippen LogP contribution in [0.15, 0.2) is 53.4 Å². The molecule has 2 nitrogen and oxygen atoms in total. The summed E-state index contributed by atoms with van der Waals surface area (Å²) >= 11 is 1.72. The highest BCUT2D eigenvalue weighted by Crippen LogP contribution is 2.24. The smallest absolute Gasteiger partial charge is 0.127 e. The number of hydrogen-bond acceptors (Lipinski definition) is 3. The fraction of sp³-hybridized carbons (Fsp3) is 0.250. The number of benzene rings is 2. The zero-order valence-corrected chi connectivity index (χ0v) is 12.1. The summed E-state index contributed by atoms with van der Waals surface area (Å²) < 4.78 is 5.80. The molecule has 0 bridgehead atoms. The first-order valence-corrected chi connectivity index (χ1v) is 7.56. The van der Waals surface area contributed by atoms with E-state index < -0.39 is 0 Å². The van der Waals surface area contributed by atoms with Gasteiger partial charge in [-0.15, -0.1) is 11.8 Å². The van der Waals surface area contributed by atoms with Gasteiger partial charge in [-0.1, -0.05) is 12.1 Å². The first kappa shape index (κ1) is 14.0. The van der Waals surface area contributed by atoms with Crippen LogP contribution in [0.1, 0.15) is 12.5 Å². The summed E-state index contributed by atoms with van der Waals surface area (Å²) in [5.41, 5.74) is 7.02. The van der Waals surface area contributed by atoms with E-state index in [1.165, 1.54) is 10.5 Å². The molecule has 0 aliphatic heterocycles. The lowest BCUT2D eigenvalue weighted by Gasteiger charge is -2.08. The van der Waals surface area contributed by atoms with Gasteiger partial charge in [0.05, 0.1) is 0 Å². The number of ether oxygens (including phenoxy) is 1. The normalized spacial score (nSPS) is 12.2. The van der Waals surface area contributed by atoms with Gasteiger partial charge in [0, 0.05) is 10.9 Å². The van der Waals surface area contributed by atoms with Crippen molar-refractivity contribution < 1.29 is 4.74 Å². The Labute approximate surface area is 119 Å². The van der Waals surface area contributed by atoms with Crippen LogP contribution in [0.25, 0.3) is 0 Å². The molecule has 1 unspecified atom stereocenters. The van der Waals surface area contributed by atoms with Gasteiger partial charge in [-0.25, -0.2) is 0 Å². The molecule has 0 heterocycles. The molecule has 0 radical (unpaired) electrons. The predicted molar refractivity (Wildman–Crippen MR) is 82.1 cm³/mol. The lowest BCUT2D eigenvalue weighted by Crippen LogP contribution is -2.17. The van der Waals surface area contributed by atoms with Crippen molar-refractivity contribution in [2.45, 2.75) is 24.3 Å². The SMILES string of the molecule is CSc1ccc(Oc2ccc(CC(C)N)cc2)cc1. The van der Waals surface area contributed by atoms with Crippen molar-refractivity contribution in [3.8, 4) is 11.5 Å². The van der Waals surface area contributed by atoms with E-state index in [-0.39, 0.29) is 6.04 Å². The topological polar surface area (TPSA) is 35.2 Å². The maximum atomic E-state index is 5.80. The summed E-state index contributed by atoms with van der Waals surface area (Å²) in [7, 11) is 0. The highest BCUT2D eigenvalue weighted by atomic mass is 32.2. The first-order valence-electron chi connectivity index (χ1n) is 6.34. The molecule has 0 aliphatic rings. The van der Waals surface area contributed by atoms with Gasteiger partial charge in [-0.2, -0.15) is 0 Å². The predicted octanol–water partition coefficient (Wildman–Crippen LogP) is 4.09. The molecule has 0 aromatic heterocycles. The van der Waals surface area contributed by atoms with E-state index in [1.807, 2.05) is 31.2 Å². The van der Waals surface area contributed by atoms with Crippen molar-refractivity contribution in [1.29, 1.82) is 0 Å². The average Bonchev–Trinajstić information content (AvgIpc) is 2.41. The lowest BCUT2D eigenvalue weighted by atomic mass is 10.1. The van der Waals surface area contributed by atoms with E-state index in [0.717, 1.165) is 17.9 Å². The quantitative estimate of drug-likeness (QED) is 0.833. The summed E-state index contributed by atoms with van der Waals surface area (Å²) in [5.74, 6) is 1.71. The Kier molecular flexibility index (Phi) is 4.88. The Morgan fingerprint density at radius 2 is 1.53 bits per heavy atom. The maximum absolute atomic E-state index is 5.80. The molecule has 0 spiro atoms. The lowest BCUT2D eigenvalue weighted by molar-refractivity contribution is 0.482. The van der Waals surface area contributed by atoms with Gasteiger partial charge in [-0.3, -0.25) is 0 Å². The van der Waals surface area contributed by atoms with Gasteiger partial charge in [0.15, 0.2) is 0 Å². The minimum Gasteiger partial charge on any atom is -0.457 e. The van der Waals surface area contributed by atoms with Crippen LogP contribution in [-0.4, -0.2) is 12.3 Å². The van der Waals surface area contributed by atoms with Crippen molar-refractivity contribution in [2.75, 3.05) is 6.26 Å². The molecule has 0 amide bonds. The van der Waals surface area contributed by atoms with Gasteiger partial charge >= 0.3 is 0 Å². The second kappa shape index (κ2) is 6.64. The first-order chi connectivity index (χ1) is 9.17. The van der Waals surface area contributed by atoms with Crippen LogP contribution in [0.2, 0.25) is 0 Å². The van der Waals surface area contributed by atoms with E-state index in [2.05, 4.69) is 30.5 Å². The minimum atomic E-state index is 0.186. The standard InChI is InChI=1S/C16H19NOS/c1-12(17)11-13-3-5-14(6-4-13)18-15-7-9-16(19-2)10-8-15/h3-10,12H,11,17H2,1-2H3. The molecular weight excluding hydrogens is 254 g/mol. The summed E-state index contributed by atoms with van der Waals surface area (Å²) in [5, 5.41) is 0. The number of rotatable bonds is 5. The van der Waals surface area contributed by atoms with Crippen LogP contribution in [-0.2, 0) is 6.42 Å². The Morgan fingerprint density at radius 3 is 2.00 bits per heavy atom. The summed E-state index contributed by atoms with van der Waals surface area (Å²) in [6.07, 6.45) is 2.95. The van der Waals surface area contributed by atoms with Crippen LogP contribution in [0.4, 0.5) is 0 Å². The zero-order valence-electron chi connectivity index (χ0n) is 11.3. The molecule has 0 saturated carbocycles. The Bertz CT molecular complexity index is 505. The highest BCUT2D eigenvalue weighted by Gasteiger charge is 2.00. The second-order valence-corrected chi connectivity index (χ2v) is 5.48. The van der Waals surface area contributed by atoms with Crippen molar-refractivity contribution >= 4 is 11.8 Å². The molecule has 0 saturated heterocycles. The molecule has 3 heteroatoms. The van der Waals surface area contributed by atoms with Crippen LogP contribution in [0, 0.1) is 0 Å². The van der Waals surface area contributed by atoms with Crippen LogP contribution in [0.5, 0.6) is 11.5 Å². The van der Waals surface area contributed by atoms with Gasteiger partial charge < -0.3 is 10.5 Å². The second-order valence-electron chi connectivity index (χ2n) is 4.60. The summed E-state index contributed by atoms with van der Waals surface area (Å²) in [4.78, 5) is 1.24. The van der Waals surface area contributed by atoms with Crippen LogP contribution in [0.3, 0.4) is 0 Å². The molecule has 0 aliphatic carbocycles. The number of nitrogens with two attached hydrogens (primary N) is 1. The molecule has 2 aromatic rings. The van der Waals surface area contributed by atoms with Gasteiger partial charge in [0.2, 0.25) is 0 Å². The van der Waals surface area contributed by atoms with Gasteiger partial charge in [0.25, 0.3) is 0 Å². The van der Waals surface area contributed by atoms with Crippen molar-refractivity contribution in [3.05, 3.63) is 54.1 Å². The molecule has 100 valence electrons. The highest BCUT2D eigenvalue weighted by molar-refractivity contribution is 7.98. The summed E-state index contributed by atoms with van der Waals surface area (Å²) in [6.45, 7) is 2.01. The summed E-state index contributed by atoms with van der Waals surface area (Å²) in [6, 6.07) is 16.4. The third-order valence-corrected chi connectivity index (χ3v) is 3.52. The molecular formula is C16H19NOS.